The molecule has 232 valence electrons. The van der Waals surface area contributed by atoms with Gasteiger partial charge >= 0.3 is 11.9 Å². The first-order chi connectivity index (χ1) is 18.8. The molecular weight excluding hydrogens is 488 g/mol. The minimum atomic E-state index is -0.762. The molecule has 0 bridgehead atoms. The number of hydrogen-bond acceptors (Lipinski definition) is 5. The van der Waals surface area contributed by atoms with Crippen LogP contribution in [0.5, 0.6) is 0 Å². The van der Waals surface area contributed by atoms with E-state index in [0.29, 0.717) is 12.8 Å². The standard InChI is InChI=1S/C34H66O5/c1-30(2)24-20-16-12-10-8-6-5-7-9-11-13-19-23-27-34(37)39-32(28-35)29-38-33(36)26-22-18-15-14-17-21-25-31(3)4/h30-32,35H,5-29H2,1-4H3/t32-/m0/s1. The number of hydrogen-bond donors (Lipinski definition) is 1. The second-order valence-corrected chi connectivity index (χ2v) is 12.6. The van der Waals surface area contributed by atoms with Gasteiger partial charge in [-0.25, -0.2) is 0 Å². The molecule has 0 spiro atoms. The second kappa shape index (κ2) is 28.4. The molecule has 0 aromatic carbocycles. The Bertz CT molecular complexity index is 546. The van der Waals surface area contributed by atoms with Crippen molar-refractivity contribution in [2.75, 3.05) is 13.2 Å². The SMILES string of the molecule is CC(C)CCCCCCCCCCCCCCCC(=O)O[C@@H](CO)COC(=O)CCCCCCCCC(C)C. The van der Waals surface area contributed by atoms with Gasteiger partial charge in [-0.15, -0.1) is 0 Å². The van der Waals surface area contributed by atoms with Crippen molar-refractivity contribution in [3.63, 3.8) is 0 Å². The summed E-state index contributed by atoms with van der Waals surface area (Å²) in [5.41, 5.74) is 0. The molecule has 0 aromatic rings. The Morgan fingerprint density at radius 2 is 0.846 bits per heavy atom. The zero-order valence-electron chi connectivity index (χ0n) is 26.5. The molecule has 0 rings (SSSR count). The molecule has 0 radical (unpaired) electrons. The quantitative estimate of drug-likeness (QED) is 0.0736. The van der Waals surface area contributed by atoms with Crippen LogP contribution in [0.4, 0.5) is 0 Å². The van der Waals surface area contributed by atoms with Gasteiger partial charge in [-0.1, -0.05) is 150 Å². The van der Waals surface area contributed by atoms with Gasteiger partial charge in [0, 0.05) is 12.8 Å². The van der Waals surface area contributed by atoms with Gasteiger partial charge in [0.05, 0.1) is 6.61 Å². The van der Waals surface area contributed by atoms with Crippen LogP contribution in [-0.2, 0) is 19.1 Å². The lowest BCUT2D eigenvalue weighted by Crippen LogP contribution is -2.28. The zero-order chi connectivity index (χ0) is 29.0. The smallest absolute Gasteiger partial charge is 0.306 e. The Balaban J connectivity index is 3.53. The highest BCUT2D eigenvalue weighted by Gasteiger charge is 2.16. The van der Waals surface area contributed by atoms with E-state index < -0.39 is 6.10 Å². The van der Waals surface area contributed by atoms with Crippen LogP contribution in [0.25, 0.3) is 0 Å². The molecule has 0 fully saturated rings. The number of aliphatic hydroxyl groups is 1. The highest BCUT2D eigenvalue weighted by molar-refractivity contribution is 5.70. The predicted molar refractivity (Wildman–Crippen MR) is 164 cm³/mol. The molecule has 39 heavy (non-hydrogen) atoms. The molecule has 0 aliphatic heterocycles. The van der Waals surface area contributed by atoms with Gasteiger partial charge in [-0.05, 0) is 24.7 Å². The summed E-state index contributed by atoms with van der Waals surface area (Å²) in [4.78, 5) is 24.0. The lowest BCUT2D eigenvalue weighted by atomic mass is 10.0. The second-order valence-electron chi connectivity index (χ2n) is 12.6. The number of esters is 2. The molecule has 0 saturated heterocycles. The Labute approximate surface area is 242 Å². The summed E-state index contributed by atoms with van der Waals surface area (Å²) < 4.78 is 10.5. The monoisotopic (exact) mass is 554 g/mol. The maximum atomic E-state index is 12.1. The summed E-state index contributed by atoms with van der Waals surface area (Å²) >= 11 is 0. The topological polar surface area (TPSA) is 72.8 Å². The molecule has 0 unspecified atom stereocenters. The Morgan fingerprint density at radius 1 is 0.513 bits per heavy atom. The first-order valence-corrected chi connectivity index (χ1v) is 16.8. The van der Waals surface area contributed by atoms with Crippen LogP contribution in [0.3, 0.4) is 0 Å². The molecule has 0 saturated carbocycles. The van der Waals surface area contributed by atoms with Crippen molar-refractivity contribution >= 4 is 11.9 Å². The van der Waals surface area contributed by atoms with Crippen LogP contribution in [0.15, 0.2) is 0 Å². The summed E-state index contributed by atoms with van der Waals surface area (Å²) in [6.45, 7) is 8.75. The number of aliphatic hydroxyl groups excluding tert-OH is 1. The molecule has 0 aliphatic rings. The van der Waals surface area contributed by atoms with E-state index in [1.165, 1.54) is 96.3 Å². The molecule has 5 nitrogen and oxygen atoms in total. The van der Waals surface area contributed by atoms with Gasteiger partial charge in [0.15, 0.2) is 6.10 Å². The van der Waals surface area contributed by atoms with E-state index in [0.717, 1.165) is 50.4 Å². The fourth-order valence-electron chi connectivity index (χ4n) is 4.92. The fourth-order valence-corrected chi connectivity index (χ4v) is 4.92. The van der Waals surface area contributed by atoms with Crippen molar-refractivity contribution in [2.45, 2.75) is 181 Å². The van der Waals surface area contributed by atoms with Gasteiger partial charge < -0.3 is 14.6 Å². The molecule has 1 atom stereocenters. The Hall–Kier alpha value is -1.10. The fraction of sp³-hybridized carbons (Fsp3) is 0.941. The number of carbonyl (C=O) groups is 2. The third-order valence-corrected chi connectivity index (χ3v) is 7.51. The third-order valence-electron chi connectivity index (χ3n) is 7.51. The van der Waals surface area contributed by atoms with Crippen LogP contribution >= 0.6 is 0 Å². The molecule has 0 aromatic heterocycles. The first-order valence-electron chi connectivity index (χ1n) is 16.8. The van der Waals surface area contributed by atoms with Gasteiger partial charge in [-0.3, -0.25) is 9.59 Å². The molecule has 0 aliphatic carbocycles. The van der Waals surface area contributed by atoms with Crippen molar-refractivity contribution in [3.05, 3.63) is 0 Å². The van der Waals surface area contributed by atoms with Crippen molar-refractivity contribution < 1.29 is 24.2 Å². The molecule has 5 heteroatoms. The summed E-state index contributed by atoms with van der Waals surface area (Å²) in [6.07, 6.45) is 26.0. The van der Waals surface area contributed by atoms with E-state index in [4.69, 9.17) is 9.47 Å². The van der Waals surface area contributed by atoms with Crippen LogP contribution in [-0.4, -0.2) is 36.4 Å². The average Bonchev–Trinajstić information content (AvgIpc) is 2.89. The van der Waals surface area contributed by atoms with Crippen LogP contribution < -0.4 is 0 Å². The number of rotatable bonds is 29. The molecule has 1 N–H and O–H groups in total. The van der Waals surface area contributed by atoms with Crippen LogP contribution in [0, 0.1) is 11.8 Å². The zero-order valence-corrected chi connectivity index (χ0v) is 26.5. The van der Waals surface area contributed by atoms with E-state index in [1.54, 1.807) is 0 Å². The van der Waals surface area contributed by atoms with Gasteiger partial charge in [-0.2, -0.15) is 0 Å². The summed E-state index contributed by atoms with van der Waals surface area (Å²) in [5, 5.41) is 9.48. The lowest BCUT2D eigenvalue weighted by molar-refractivity contribution is -0.161. The lowest BCUT2D eigenvalue weighted by Gasteiger charge is -2.15. The van der Waals surface area contributed by atoms with Gasteiger partial charge in [0.25, 0.3) is 0 Å². The van der Waals surface area contributed by atoms with Gasteiger partial charge in [0.1, 0.15) is 6.61 Å². The Morgan fingerprint density at radius 3 is 1.21 bits per heavy atom. The molecule has 0 amide bonds. The first kappa shape index (κ1) is 37.9. The number of carbonyl (C=O) groups excluding carboxylic acids is 2. The highest BCUT2D eigenvalue weighted by Crippen LogP contribution is 2.15. The Kier molecular flexibility index (Phi) is 27.6. The minimum absolute atomic E-state index is 0.0611. The summed E-state index contributed by atoms with van der Waals surface area (Å²) in [7, 11) is 0. The predicted octanol–water partition coefficient (Wildman–Crippen LogP) is 9.72. The average molecular weight is 555 g/mol. The number of ether oxygens (including phenoxy) is 2. The normalized spacial score (nSPS) is 12.3. The van der Waals surface area contributed by atoms with Crippen molar-refractivity contribution in [1.29, 1.82) is 0 Å². The summed E-state index contributed by atoms with van der Waals surface area (Å²) in [6, 6.07) is 0. The van der Waals surface area contributed by atoms with Gasteiger partial charge in [0.2, 0.25) is 0 Å². The van der Waals surface area contributed by atoms with E-state index in [9.17, 15) is 14.7 Å². The van der Waals surface area contributed by atoms with E-state index >= 15 is 0 Å². The van der Waals surface area contributed by atoms with Crippen LogP contribution in [0.1, 0.15) is 175 Å². The van der Waals surface area contributed by atoms with Crippen molar-refractivity contribution in [2.24, 2.45) is 11.8 Å². The minimum Gasteiger partial charge on any atom is -0.462 e. The van der Waals surface area contributed by atoms with E-state index in [-0.39, 0.29) is 25.2 Å². The molecular formula is C34H66O5. The van der Waals surface area contributed by atoms with E-state index in [2.05, 4.69) is 27.7 Å². The largest absolute Gasteiger partial charge is 0.462 e. The maximum Gasteiger partial charge on any atom is 0.306 e. The van der Waals surface area contributed by atoms with Crippen molar-refractivity contribution in [1.82, 2.24) is 0 Å². The third kappa shape index (κ3) is 29.7. The van der Waals surface area contributed by atoms with Crippen molar-refractivity contribution in [3.8, 4) is 0 Å². The molecule has 0 heterocycles. The van der Waals surface area contributed by atoms with Crippen LogP contribution in [0.2, 0.25) is 0 Å². The summed E-state index contributed by atoms with van der Waals surface area (Å²) in [5.74, 6) is 1.03. The highest BCUT2D eigenvalue weighted by atomic mass is 16.6. The van der Waals surface area contributed by atoms with E-state index in [1.807, 2.05) is 0 Å². The number of unbranched alkanes of at least 4 members (excludes halogenated alkanes) is 17. The maximum absolute atomic E-state index is 12.1.